The van der Waals surface area contributed by atoms with Gasteiger partial charge in [0.2, 0.25) is 0 Å². The van der Waals surface area contributed by atoms with Crippen LogP contribution in [0, 0.1) is 11.3 Å². The molecule has 0 spiro atoms. The summed E-state index contributed by atoms with van der Waals surface area (Å²) in [7, 11) is 0. The average molecular weight is 458 g/mol. The molecule has 3 aromatic rings. The third kappa shape index (κ3) is 5.16. The van der Waals surface area contributed by atoms with Crippen molar-refractivity contribution < 1.29 is 9.84 Å². The lowest BCUT2D eigenvalue weighted by Gasteiger charge is -2.13. The minimum absolute atomic E-state index is 0.186. The molecule has 0 aliphatic heterocycles. The molecule has 0 radical (unpaired) electrons. The molecule has 0 fully saturated rings. The van der Waals surface area contributed by atoms with Crippen LogP contribution in [0.25, 0.3) is 11.3 Å². The third-order valence-corrected chi connectivity index (χ3v) is 5.77. The summed E-state index contributed by atoms with van der Waals surface area (Å²) in [5.74, 6) is 1.11. The molecular weight excluding hydrogens is 438 g/mol. The number of thioether (sulfide) groups is 1. The van der Waals surface area contributed by atoms with E-state index in [2.05, 4.69) is 50.6 Å². The molecule has 0 amide bonds. The van der Waals surface area contributed by atoms with Gasteiger partial charge in [0.05, 0.1) is 29.6 Å². The first-order valence-corrected chi connectivity index (χ1v) is 10.6. The number of aliphatic hydroxyl groups excluding tert-OH is 1. The predicted molar refractivity (Wildman–Crippen MR) is 114 cm³/mol. The molecular formula is C21H20BrN3O2S. The van der Waals surface area contributed by atoms with Crippen LogP contribution in [0.2, 0.25) is 0 Å². The zero-order valence-electron chi connectivity index (χ0n) is 15.4. The quantitative estimate of drug-likeness (QED) is 0.494. The fourth-order valence-electron chi connectivity index (χ4n) is 2.67. The summed E-state index contributed by atoms with van der Waals surface area (Å²) in [5.41, 5.74) is 2.74. The molecule has 1 aromatic heterocycles. The molecule has 1 unspecified atom stereocenters. The second kappa shape index (κ2) is 9.78. The molecule has 0 aliphatic carbocycles. The Balaban J connectivity index is 1.57. The zero-order chi connectivity index (χ0) is 19.9. The number of nitriles is 1. The van der Waals surface area contributed by atoms with E-state index in [0.717, 1.165) is 27.4 Å². The second-order valence-corrected chi connectivity index (χ2v) is 7.99. The van der Waals surface area contributed by atoms with Crippen molar-refractivity contribution in [1.82, 2.24) is 9.55 Å². The number of halogens is 1. The third-order valence-electron chi connectivity index (χ3n) is 4.11. The molecule has 144 valence electrons. The number of benzene rings is 2. The number of imidazole rings is 1. The Labute approximate surface area is 177 Å². The first-order valence-electron chi connectivity index (χ1n) is 8.86. The van der Waals surface area contributed by atoms with Gasteiger partial charge in [-0.15, -0.1) is 0 Å². The predicted octanol–water partition coefficient (Wildman–Crippen LogP) is 4.74. The van der Waals surface area contributed by atoms with Crippen molar-refractivity contribution in [2.75, 3.05) is 12.4 Å². The number of ether oxygens (including phenoxy) is 1. The van der Waals surface area contributed by atoms with E-state index < -0.39 is 6.10 Å². The van der Waals surface area contributed by atoms with Gasteiger partial charge < -0.3 is 14.4 Å². The summed E-state index contributed by atoms with van der Waals surface area (Å²) in [6, 6.07) is 17.0. The summed E-state index contributed by atoms with van der Waals surface area (Å²) in [4.78, 5) is 4.53. The SMILES string of the molecule is CCn1c(-c2ccc(Br)cc2)cnc1SCC(O)COc1ccc(C#N)cc1. The highest BCUT2D eigenvalue weighted by Gasteiger charge is 2.14. The van der Waals surface area contributed by atoms with E-state index in [9.17, 15) is 5.11 Å². The topological polar surface area (TPSA) is 71.1 Å². The van der Waals surface area contributed by atoms with Gasteiger partial charge in [0.25, 0.3) is 0 Å². The van der Waals surface area contributed by atoms with Crippen molar-refractivity contribution in [3.05, 3.63) is 64.8 Å². The lowest BCUT2D eigenvalue weighted by atomic mass is 10.2. The summed E-state index contributed by atoms with van der Waals surface area (Å²) < 4.78 is 8.78. The Morgan fingerprint density at radius 1 is 1.21 bits per heavy atom. The number of aromatic nitrogens is 2. The Hall–Kier alpha value is -2.27. The van der Waals surface area contributed by atoms with E-state index in [1.54, 1.807) is 24.3 Å². The number of hydrogen-bond acceptors (Lipinski definition) is 5. The van der Waals surface area contributed by atoms with Gasteiger partial charge in [-0.1, -0.05) is 39.8 Å². The standard InChI is InChI=1S/C21H20BrN3O2S/c1-2-25-20(16-5-7-17(22)8-6-16)12-24-21(25)28-14-18(26)13-27-19-9-3-15(11-23)4-10-19/h3-10,12,18,26H,2,13-14H2,1H3. The molecule has 0 saturated heterocycles. The molecule has 0 bridgehead atoms. The smallest absolute Gasteiger partial charge is 0.168 e. The number of hydrogen-bond donors (Lipinski definition) is 1. The van der Waals surface area contributed by atoms with Crippen molar-refractivity contribution in [2.24, 2.45) is 0 Å². The lowest BCUT2D eigenvalue weighted by Crippen LogP contribution is -2.20. The fraction of sp³-hybridized carbons (Fsp3) is 0.238. The molecule has 2 aromatic carbocycles. The monoisotopic (exact) mass is 457 g/mol. The van der Waals surface area contributed by atoms with E-state index in [1.165, 1.54) is 11.8 Å². The summed E-state index contributed by atoms with van der Waals surface area (Å²) in [6.07, 6.45) is 1.24. The van der Waals surface area contributed by atoms with Gasteiger partial charge in [0.1, 0.15) is 12.4 Å². The minimum atomic E-state index is -0.626. The maximum absolute atomic E-state index is 10.3. The summed E-state index contributed by atoms with van der Waals surface area (Å²) >= 11 is 4.97. The Morgan fingerprint density at radius 3 is 2.57 bits per heavy atom. The van der Waals surface area contributed by atoms with Crippen molar-refractivity contribution >= 4 is 27.7 Å². The highest BCUT2D eigenvalue weighted by Crippen LogP contribution is 2.27. The van der Waals surface area contributed by atoms with Crippen molar-refractivity contribution in [3.63, 3.8) is 0 Å². The van der Waals surface area contributed by atoms with Crippen molar-refractivity contribution in [2.45, 2.75) is 24.7 Å². The number of nitrogens with zero attached hydrogens (tertiary/aromatic N) is 3. The maximum atomic E-state index is 10.3. The van der Waals surface area contributed by atoms with Crippen LogP contribution in [-0.2, 0) is 6.54 Å². The molecule has 7 heteroatoms. The van der Waals surface area contributed by atoms with Gasteiger partial charge in [-0.05, 0) is 48.9 Å². The van der Waals surface area contributed by atoms with Crippen LogP contribution in [0.15, 0.2) is 64.4 Å². The normalized spacial score (nSPS) is 11.8. The zero-order valence-corrected chi connectivity index (χ0v) is 17.8. The van der Waals surface area contributed by atoms with Gasteiger partial charge in [0, 0.05) is 16.8 Å². The Morgan fingerprint density at radius 2 is 1.93 bits per heavy atom. The Kier molecular flexibility index (Phi) is 7.15. The summed E-state index contributed by atoms with van der Waals surface area (Å²) in [6.45, 7) is 3.06. The molecule has 5 nitrogen and oxygen atoms in total. The van der Waals surface area contributed by atoms with Gasteiger partial charge >= 0.3 is 0 Å². The molecule has 1 atom stereocenters. The van der Waals surface area contributed by atoms with Crippen LogP contribution in [0.1, 0.15) is 12.5 Å². The minimum Gasteiger partial charge on any atom is -0.491 e. The molecule has 0 saturated carbocycles. The number of rotatable bonds is 8. The van der Waals surface area contributed by atoms with Crippen LogP contribution >= 0.6 is 27.7 Å². The lowest BCUT2D eigenvalue weighted by molar-refractivity contribution is 0.126. The first kappa shape index (κ1) is 20.5. The van der Waals surface area contributed by atoms with Gasteiger partial charge in [0.15, 0.2) is 5.16 Å². The van der Waals surface area contributed by atoms with Crippen molar-refractivity contribution in [1.29, 1.82) is 5.26 Å². The molecule has 1 heterocycles. The van der Waals surface area contributed by atoms with Gasteiger partial charge in [-0.25, -0.2) is 4.98 Å². The van der Waals surface area contributed by atoms with Crippen LogP contribution in [0.4, 0.5) is 0 Å². The van der Waals surface area contributed by atoms with E-state index in [-0.39, 0.29) is 6.61 Å². The fourth-order valence-corrected chi connectivity index (χ4v) is 3.88. The molecule has 3 rings (SSSR count). The van der Waals surface area contributed by atoms with Crippen LogP contribution in [-0.4, -0.2) is 33.1 Å². The van der Waals surface area contributed by atoms with Gasteiger partial charge in [-0.2, -0.15) is 5.26 Å². The number of aliphatic hydroxyl groups is 1. The first-order chi connectivity index (χ1) is 13.6. The summed E-state index contributed by atoms with van der Waals surface area (Å²) in [5, 5.41) is 19.9. The average Bonchev–Trinajstić information content (AvgIpc) is 3.14. The second-order valence-electron chi connectivity index (χ2n) is 6.09. The molecule has 0 aliphatic rings. The maximum Gasteiger partial charge on any atom is 0.168 e. The molecule has 1 N–H and O–H groups in total. The van der Waals surface area contributed by atoms with Crippen LogP contribution < -0.4 is 4.74 Å². The molecule has 28 heavy (non-hydrogen) atoms. The van der Waals surface area contributed by atoms with Crippen LogP contribution in [0.5, 0.6) is 5.75 Å². The largest absolute Gasteiger partial charge is 0.491 e. The van der Waals surface area contributed by atoms with E-state index >= 15 is 0 Å². The van der Waals surface area contributed by atoms with E-state index in [4.69, 9.17) is 10.00 Å². The van der Waals surface area contributed by atoms with Gasteiger partial charge in [-0.3, -0.25) is 0 Å². The Bertz CT molecular complexity index is 949. The van der Waals surface area contributed by atoms with Crippen molar-refractivity contribution in [3.8, 4) is 23.1 Å². The highest BCUT2D eigenvalue weighted by atomic mass is 79.9. The van der Waals surface area contributed by atoms with E-state index in [0.29, 0.717) is 17.1 Å². The van der Waals surface area contributed by atoms with E-state index in [1.807, 2.05) is 18.3 Å². The van der Waals surface area contributed by atoms with Crippen LogP contribution in [0.3, 0.4) is 0 Å². The highest BCUT2D eigenvalue weighted by molar-refractivity contribution is 9.10.